The number of carbonyl (C=O) groups excluding carboxylic acids is 2. The number of fused-ring (bicyclic) bond motifs is 2. The lowest BCUT2D eigenvalue weighted by molar-refractivity contribution is -0.144. The van der Waals surface area contributed by atoms with Crippen LogP contribution in [0.15, 0.2) is 54.1 Å². The summed E-state index contributed by atoms with van der Waals surface area (Å²) in [6.45, 7) is 6.39. The fourth-order valence-corrected chi connectivity index (χ4v) is 7.39. The lowest BCUT2D eigenvalue weighted by atomic mass is 9.57. The molecule has 198 valence electrons. The first-order valence-electron chi connectivity index (χ1n) is 13.8. The van der Waals surface area contributed by atoms with Crippen molar-refractivity contribution >= 4 is 17.6 Å². The average molecular weight is 508 g/mol. The molecule has 1 unspecified atom stereocenters. The van der Waals surface area contributed by atoms with Crippen LogP contribution >= 0.6 is 0 Å². The largest absolute Gasteiger partial charge is 0.462 e. The quantitative estimate of drug-likeness (QED) is 0.465. The van der Waals surface area contributed by atoms with Crippen LogP contribution in [0.3, 0.4) is 0 Å². The van der Waals surface area contributed by atoms with Crippen molar-refractivity contribution in [3.8, 4) is 0 Å². The second kappa shape index (κ2) is 10.8. The van der Waals surface area contributed by atoms with Crippen molar-refractivity contribution in [1.82, 2.24) is 5.32 Å². The fraction of sp³-hybridized carbons (Fsp3) is 0.548. The van der Waals surface area contributed by atoms with E-state index in [4.69, 9.17) is 9.47 Å². The van der Waals surface area contributed by atoms with E-state index in [1.165, 1.54) is 11.6 Å². The highest BCUT2D eigenvalue weighted by Crippen LogP contribution is 2.53. The average Bonchev–Trinajstić information content (AvgIpc) is 3.14. The number of alkyl carbamates (subject to hydrolysis) is 1. The Morgan fingerprint density at radius 3 is 2.81 bits per heavy atom. The Morgan fingerprint density at radius 2 is 2.05 bits per heavy atom. The molecule has 4 aliphatic rings. The molecule has 0 aromatic heterocycles. The van der Waals surface area contributed by atoms with Crippen LogP contribution in [0, 0.1) is 41.3 Å². The van der Waals surface area contributed by atoms with Gasteiger partial charge in [-0.25, -0.2) is 9.18 Å². The lowest BCUT2D eigenvalue weighted by Crippen LogP contribution is -2.48. The maximum atomic E-state index is 13.8. The summed E-state index contributed by atoms with van der Waals surface area (Å²) in [7, 11) is 0. The topological polar surface area (TPSA) is 64.6 Å². The standard InChI is InChI=1S/C31H38FNO4/c1-4-36-31(35)33-24-10-13-26-22(16-24)17-28-29(19(3)37-30(28)34)27(26)12-9-20-8-11-25(18(2)14-20)21-6-5-7-23(32)15-21/h5-9,11-12,15,18-19,22,24,26-29H,4,10,13-14,16-17H2,1-3H3,(H,33,35)/b12-9+/t18?,19-,22-,24-,26+,27-,28+,29-/m1/s1. The molecule has 0 bridgehead atoms. The van der Waals surface area contributed by atoms with E-state index in [1.807, 2.05) is 19.9 Å². The van der Waals surface area contributed by atoms with Crippen LogP contribution in [0.1, 0.15) is 58.4 Å². The first-order chi connectivity index (χ1) is 17.8. The summed E-state index contributed by atoms with van der Waals surface area (Å²) >= 11 is 0. The van der Waals surface area contributed by atoms with Gasteiger partial charge in [0.2, 0.25) is 0 Å². The minimum atomic E-state index is -0.353. The van der Waals surface area contributed by atoms with E-state index in [0.29, 0.717) is 18.4 Å². The van der Waals surface area contributed by atoms with Gasteiger partial charge in [0.25, 0.3) is 0 Å². The van der Waals surface area contributed by atoms with Crippen LogP contribution in [-0.4, -0.2) is 30.8 Å². The zero-order chi connectivity index (χ0) is 26.1. The Bertz CT molecular complexity index is 1120. The van der Waals surface area contributed by atoms with Gasteiger partial charge in [-0.3, -0.25) is 4.79 Å². The molecule has 3 aliphatic carbocycles. The molecule has 2 saturated carbocycles. The summed E-state index contributed by atoms with van der Waals surface area (Å²) in [5.74, 6) is 1.23. The fourth-order valence-electron chi connectivity index (χ4n) is 7.39. The van der Waals surface area contributed by atoms with E-state index in [9.17, 15) is 14.0 Å². The van der Waals surface area contributed by atoms with Crippen LogP contribution in [0.2, 0.25) is 0 Å². The number of allylic oxidation sites excluding steroid dienone is 6. The normalized spacial score (nSPS) is 35.2. The zero-order valence-corrected chi connectivity index (χ0v) is 22.0. The highest BCUT2D eigenvalue weighted by Gasteiger charge is 2.54. The van der Waals surface area contributed by atoms with Crippen LogP contribution in [0.5, 0.6) is 0 Å². The molecular weight excluding hydrogens is 469 g/mol. The Hall–Kier alpha value is -2.89. The number of hydrogen-bond acceptors (Lipinski definition) is 4. The monoisotopic (exact) mass is 507 g/mol. The molecule has 5 rings (SSSR count). The number of benzene rings is 1. The van der Waals surface area contributed by atoms with Gasteiger partial charge < -0.3 is 14.8 Å². The first-order valence-corrected chi connectivity index (χ1v) is 13.8. The van der Waals surface area contributed by atoms with Gasteiger partial charge in [0.15, 0.2) is 0 Å². The number of halogens is 1. The number of carbonyl (C=O) groups is 2. The molecule has 0 radical (unpaired) electrons. The highest BCUT2D eigenvalue weighted by molar-refractivity contribution is 5.75. The predicted octanol–water partition coefficient (Wildman–Crippen LogP) is 6.46. The van der Waals surface area contributed by atoms with Crippen molar-refractivity contribution in [3.05, 3.63) is 65.5 Å². The predicted molar refractivity (Wildman–Crippen MR) is 141 cm³/mol. The second-order valence-corrected chi connectivity index (χ2v) is 11.3. The Kier molecular flexibility index (Phi) is 7.55. The van der Waals surface area contributed by atoms with Crippen molar-refractivity contribution in [3.63, 3.8) is 0 Å². The molecule has 37 heavy (non-hydrogen) atoms. The maximum absolute atomic E-state index is 13.8. The molecule has 1 aromatic carbocycles. The van der Waals surface area contributed by atoms with E-state index in [-0.39, 0.29) is 53.7 Å². The summed E-state index contributed by atoms with van der Waals surface area (Å²) in [5.41, 5.74) is 3.35. The third-order valence-corrected chi connectivity index (χ3v) is 8.99. The Balaban J connectivity index is 1.35. The summed E-state index contributed by atoms with van der Waals surface area (Å²) in [6, 6.07) is 6.89. The molecule has 1 N–H and O–H groups in total. The van der Waals surface area contributed by atoms with Gasteiger partial charge in [0.05, 0.1) is 12.5 Å². The molecule has 1 saturated heterocycles. The van der Waals surface area contributed by atoms with Gasteiger partial charge in [-0.05, 0) is 98.5 Å². The summed E-state index contributed by atoms with van der Waals surface area (Å²) in [6.07, 6.45) is 13.0. The number of cyclic esters (lactones) is 1. The smallest absolute Gasteiger partial charge is 0.407 e. The van der Waals surface area contributed by atoms with Crippen molar-refractivity contribution in [1.29, 1.82) is 0 Å². The van der Waals surface area contributed by atoms with Crippen molar-refractivity contribution in [2.45, 2.75) is 65.0 Å². The molecular formula is C31H38FNO4. The summed E-state index contributed by atoms with van der Waals surface area (Å²) < 4.78 is 24.6. The number of nitrogens with one attached hydrogen (secondary N) is 1. The lowest BCUT2D eigenvalue weighted by Gasteiger charge is -2.47. The maximum Gasteiger partial charge on any atom is 0.407 e. The number of amides is 1. The first kappa shape index (κ1) is 25.7. The zero-order valence-electron chi connectivity index (χ0n) is 22.0. The number of rotatable bonds is 5. The number of esters is 1. The molecule has 3 fully saturated rings. The summed E-state index contributed by atoms with van der Waals surface area (Å²) in [5, 5.41) is 3.02. The van der Waals surface area contributed by atoms with Gasteiger partial charge in [-0.2, -0.15) is 0 Å². The van der Waals surface area contributed by atoms with Gasteiger partial charge >= 0.3 is 12.1 Å². The van der Waals surface area contributed by atoms with E-state index in [2.05, 4.69) is 36.5 Å². The molecule has 5 nitrogen and oxygen atoms in total. The minimum Gasteiger partial charge on any atom is -0.462 e. The van der Waals surface area contributed by atoms with Gasteiger partial charge in [0.1, 0.15) is 11.9 Å². The highest BCUT2D eigenvalue weighted by atomic mass is 19.1. The third-order valence-electron chi connectivity index (χ3n) is 8.99. The molecule has 1 aliphatic heterocycles. The molecule has 1 heterocycles. The van der Waals surface area contributed by atoms with E-state index in [1.54, 1.807) is 12.1 Å². The van der Waals surface area contributed by atoms with E-state index < -0.39 is 0 Å². The Labute approximate surface area is 219 Å². The molecule has 1 amide bonds. The van der Waals surface area contributed by atoms with E-state index in [0.717, 1.165) is 43.2 Å². The number of ether oxygens (including phenoxy) is 2. The third kappa shape index (κ3) is 5.39. The van der Waals surface area contributed by atoms with Gasteiger partial charge in [0, 0.05) is 12.0 Å². The van der Waals surface area contributed by atoms with Crippen LogP contribution in [0.25, 0.3) is 5.57 Å². The van der Waals surface area contributed by atoms with E-state index >= 15 is 0 Å². The number of hydrogen-bond donors (Lipinski definition) is 1. The second-order valence-electron chi connectivity index (χ2n) is 11.3. The van der Waals surface area contributed by atoms with Crippen LogP contribution in [0.4, 0.5) is 9.18 Å². The van der Waals surface area contributed by atoms with Crippen molar-refractivity contribution in [2.24, 2.45) is 35.5 Å². The van der Waals surface area contributed by atoms with Gasteiger partial charge in [-0.1, -0.05) is 43.4 Å². The molecule has 6 heteroatoms. The molecule has 0 spiro atoms. The molecule has 8 atom stereocenters. The van der Waals surface area contributed by atoms with Crippen molar-refractivity contribution < 1.29 is 23.5 Å². The van der Waals surface area contributed by atoms with Crippen LogP contribution < -0.4 is 5.32 Å². The van der Waals surface area contributed by atoms with Gasteiger partial charge in [-0.15, -0.1) is 0 Å². The summed E-state index contributed by atoms with van der Waals surface area (Å²) in [4.78, 5) is 24.7. The minimum absolute atomic E-state index is 0.0667. The Morgan fingerprint density at radius 1 is 1.22 bits per heavy atom. The molecule has 1 aromatic rings. The van der Waals surface area contributed by atoms with Crippen LogP contribution in [-0.2, 0) is 14.3 Å². The SMILES string of the molecule is CCOC(=O)N[C@@H]1CC[C@H]2[C@H](C1)C[C@@H]1C(=O)O[C@H](C)[C@@H]1[C@@H]2/C=C/C1=CC=C(c2cccc(F)c2)C(C)C1. The van der Waals surface area contributed by atoms with Crippen molar-refractivity contribution in [2.75, 3.05) is 6.61 Å².